The van der Waals surface area contributed by atoms with Crippen molar-refractivity contribution in [2.24, 2.45) is 0 Å². The van der Waals surface area contributed by atoms with Crippen LogP contribution in [0.15, 0.2) is 47.4 Å². The molecule has 0 aliphatic carbocycles. The van der Waals surface area contributed by atoms with E-state index in [-0.39, 0.29) is 17.8 Å². The summed E-state index contributed by atoms with van der Waals surface area (Å²) in [6.07, 6.45) is 3.06. The molecule has 24 heavy (non-hydrogen) atoms. The van der Waals surface area contributed by atoms with Gasteiger partial charge in [-0.2, -0.15) is 0 Å². The van der Waals surface area contributed by atoms with Crippen molar-refractivity contribution in [2.75, 3.05) is 5.75 Å². The molecular weight excluding hydrogens is 321 g/mol. The highest BCUT2D eigenvalue weighted by atomic mass is 32.2. The normalized spacial score (nSPS) is 16.5. The molecule has 0 radical (unpaired) electrons. The summed E-state index contributed by atoms with van der Waals surface area (Å²) in [5.74, 6) is 0.732. The monoisotopic (exact) mass is 343 g/mol. The zero-order valence-corrected chi connectivity index (χ0v) is 14.7. The van der Waals surface area contributed by atoms with E-state index in [4.69, 9.17) is 0 Å². The van der Waals surface area contributed by atoms with Crippen molar-refractivity contribution >= 4 is 17.7 Å². The number of amides is 1. The summed E-state index contributed by atoms with van der Waals surface area (Å²) in [5.41, 5.74) is 3.39. The Balaban J connectivity index is 1.58. The molecule has 2 aromatic rings. The Bertz CT molecular complexity index is 714. The van der Waals surface area contributed by atoms with E-state index in [9.17, 15) is 9.18 Å². The molecule has 0 spiro atoms. The van der Waals surface area contributed by atoms with Crippen molar-refractivity contribution in [3.05, 3.63) is 65.0 Å². The van der Waals surface area contributed by atoms with Crippen molar-refractivity contribution < 1.29 is 9.18 Å². The number of nitrogens with one attached hydrogen (secondary N) is 1. The van der Waals surface area contributed by atoms with Gasteiger partial charge in [0.25, 0.3) is 0 Å². The topological polar surface area (TPSA) is 29.1 Å². The molecular formula is C20H22FNOS. The average Bonchev–Trinajstić information content (AvgIpc) is 2.61. The molecule has 3 rings (SSSR count). The Kier molecular flexibility index (Phi) is 5.56. The molecule has 1 aliphatic heterocycles. The Labute approximate surface area is 146 Å². The van der Waals surface area contributed by atoms with Gasteiger partial charge in [-0.3, -0.25) is 4.79 Å². The lowest BCUT2D eigenvalue weighted by atomic mass is 10.0. The van der Waals surface area contributed by atoms with E-state index in [1.807, 2.05) is 6.07 Å². The van der Waals surface area contributed by atoms with E-state index in [2.05, 4.69) is 36.5 Å². The minimum atomic E-state index is -0.244. The van der Waals surface area contributed by atoms with Crippen LogP contribution in [0.2, 0.25) is 0 Å². The molecule has 2 aromatic carbocycles. The molecule has 0 aromatic heterocycles. The van der Waals surface area contributed by atoms with Gasteiger partial charge in [-0.25, -0.2) is 4.39 Å². The molecule has 1 unspecified atom stereocenters. The fourth-order valence-corrected chi connectivity index (χ4v) is 4.09. The number of hydrogen-bond donors (Lipinski definition) is 1. The lowest BCUT2D eigenvalue weighted by Crippen LogP contribution is -2.30. The van der Waals surface area contributed by atoms with Crippen molar-refractivity contribution in [1.29, 1.82) is 0 Å². The maximum atomic E-state index is 13.5. The van der Waals surface area contributed by atoms with E-state index >= 15 is 0 Å². The number of hydrogen-bond acceptors (Lipinski definition) is 2. The SMILES string of the molecule is CCc1ccc(CCC(=O)NC2CCSc3ccc(F)cc32)cc1. The van der Waals surface area contributed by atoms with Gasteiger partial charge in [0.05, 0.1) is 6.04 Å². The predicted octanol–water partition coefficient (Wildman–Crippen LogP) is 4.67. The summed E-state index contributed by atoms with van der Waals surface area (Å²) in [6.45, 7) is 2.13. The van der Waals surface area contributed by atoms with E-state index in [0.29, 0.717) is 6.42 Å². The third kappa shape index (κ3) is 4.18. The summed E-state index contributed by atoms with van der Waals surface area (Å²) in [7, 11) is 0. The first kappa shape index (κ1) is 17.0. The van der Waals surface area contributed by atoms with Crippen molar-refractivity contribution in [2.45, 2.75) is 43.5 Å². The second kappa shape index (κ2) is 7.84. The van der Waals surface area contributed by atoms with Gasteiger partial charge in [0.2, 0.25) is 5.91 Å². The molecule has 4 heteroatoms. The van der Waals surface area contributed by atoms with Crippen LogP contribution in [0.25, 0.3) is 0 Å². The Morgan fingerprint density at radius 1 is 1.21 bits per heavy atom. The van der Waals surface area contributed by atoms with Crippen LogP contribution in [0.5, 0.6) is 0 Å². The largest absolute Gasteiger partial charge is 0.349 e. The molecule has 1 heterocycles. The number of carbonyl (C=O) groups is 1. The minimum Gasteiger partial charge on any atom is -0.349 e. The van der Waals surface area contributed by atoms with Crippen LogP contribution >= 0.6 is 11.8 Å². The predicted molar refractivity (Wildman–Crippen MR) is 96.8 cm³/mol. The summed E-state index contributed by atoms with van der Waals surface area (Å²) >= 11 is 1.72. The van der Waals surface area contributed by atoms with Gasteiger partial charge < -0.3 is 5.32 Å². The van der Waals surface area contributed by atoms with Crippen LogP contribution in [0.3, 0.4) is 0 Å². The molecule has 126 valence electrons. The number of thioether (sulfide) groups is 1. The van der Waals surface area contributed by atoms with Crippen molar-refractivity contribution in [3.8, 4) is 0 Å². The highest BCUT2D eigenvalue weighted by Gasteiger charge is 2.22. The maximum Gasteiger partial charge on any atom is 0.220 e. The van der Waals surface area contributed by atoms with Crippen molar-refractivity contribution in [3.63, 3.8) is 0 Å². The second-order valence-electron chi connectivity index (χ2n) is 6.11. The van der Waals surface area contributed by atoms with Crippen molar-refractivity contribution in [1.82, 2.24) is 5.32 Å². The van der Waals surface area contributed by atoms with Gasteiger partial charge in [-0.15, -0.1) is 11.8 Å². The third-order valence-corrected chi connectivity index (χ3v) is 5.54. The molecule has 1 atom stereocenters. The summed E-state index contributed by atoms with van der Waals surface area (Å²) in [5, 5.41) is 3.08. The second-order valence-corrected chi connectivity index (χ2v) is 7.25. The molecule has 1 N–H and O–H groups in total. The van der Waals surface area contributed by atoms with Crippen LogP contribution in [-0.2, 0) is 17.6 Å². The first-order valence-corrected chi connectivity index (χ1v) is 9.43. The lowest BCUT2D eigenvalue weighted by Gasteiger charge is -2.26. The quantitative estimate of drug-likeness (QED) is 0.854. The zero-order chi connectivity index (χ0) is 16.9. The van der Waals surface area contributed by atoms with Crippen LogP contribution in [0.4, 0.5) is 4.39 Å². The third-order valence-electron chi connectivity index (χ3n) is 4.42. The minimum absolute atomic E-state index is 0.0293. The van der Waals surface area contributed by atoms with E-state index in [1.165, 1.54) is 17.2 Å². The van der Waals surface area contributed by atoms with Gasteiger partial charge >= 0.3 is 0 Å². The Hall–Kier alpha value is -1.81. The van der Waals surface area contributed by atoms with Gasteiger partial charge in [0.15, 0.2) is 0 Å². The van der Waals surface area contributed by atoms with Crippen LogP contribution in [0, 0.1) is 5.82 Å². The van der Waals surface area contributed by atoms with Crippen LogP contribution < -0.4 is 5.32 Å². The maximum absolute atomic E-state index is 13.5. The van der Waals surface area contributed by atoms with Crippen LogP contribution in [-0.4, -0.2) is 11.7 Å². The fraction of sp³-hybridized carbons (Fsp3) is 0.350. The number of halogens is 1. The molecule has 0 fully saturated rings. The van der Waals surface area contributed by atoms with E-state index < -0.39 is 0 Å². The standard InChI is InChI=1S/C20H22FNOS/c1-2-14-3-5-15(6-4-14)7-10-20(23)22-18-11-12-24-19-9-8-16(21)13-17(18)19/h3-6,8-9,13,18H,2,7,10-12H2,1H3,(H,22,23). The summed E-state index contributed by atoms with van der Waals surface area (Å²) < 4.78 is 13.5. The summed E-state index contributed by atoms with van der Waals surface area (Å²) in [4.78, 5) is 13.4. The fourth-order valence-electron chi connectivity index (χ4n) is 2.98. The van der Waals surface area contributed by atoms with Gasteiger partial charge in [-0.1, -0.05) is 31.2 Å². The van der Waals surface area contributed by atoms with E-state index in [0.717, 1.165) is 35.5 Å². The van der Waals surface area contributed by atoms with Gasteiger partial charge in [0.1, 0.15) is 5.82 Å². The number of benzene rings is 2. The zero-order valence-electron chi connectivity index (χ0n) is 13.8. The highest BCUT2D eigenvalue weighted by Crippen LogP contribution is 2.36. The number of fused-ring (bicyclic) bond motifs is 1. The molecule has 0 saturated carbocycles. The van der Waals surface area contributed by atoms with Gasteiger partial charge in [0, 0.05) is 17.1 Å². The first-order chi connectivity index (χ1) is 11.7. The smallest absolute Gasteiger partial charge is 0.220 e. The van der Waals surface area contributed by atoms with Gasteiger partial charge in [-0.05, 0) is 54.2 Å². The molecule has 1 aliphatic rings. The molecule has 2 nitrogen and oxygen atoms in total. The Morgan fingerprint density at radius 3 is 2.71 bits per heavy atom. The number of aryl methyl sites for hydroxylation is 2. The average molecular weight is 343 g/mol. The van der Waals surface area contributed by atoms with E-state index in [1.54, 1.807) is 17.8 Å². The number of rotatable bonds is 5. The molecule has 0 bridgehead atoms. The van der Waals surface area contributed by atoms with Crippen LogP contribution in [0.1, 0.15) is 42.5 Å². The Morgan fingerprint density at radius 2 is 1.96 bits per heavy atom. The first-order valence-electron chi connectivity index (χ1n) is 8.45. The number of carbonyl (C=O) groups excluding carboxylic acids is 1. The highest BCUT2D eigenvalue weighted by molar-refractivity contribution is 7.99. The molecule has 0 saturated heterocycles. The molecule has 1 amide bonds. The lowest BCUT2D eigenvalue weighted by molar-refractivity contribution is -0.121. The summed E-state index contributed by atoms with van der Waals surface area (Å²) in [6, 6.07) is 13.2.